The summed E-state index contributed by atoms with van der Waals surface area (Å²) in [5, 5.41) is 13.4. The summed E-state index contributed by atoms with van der Waals surface area (Å²) in [7, 11) is 0. The van der Waals surface area contributed by atoms with Crippen LogP contribution in [0.3, 0.4) is 0 Å². The van der Waals surface area contributed by atoms with Gasteiger partial charge >= 0.3 is 0 Å². The van der Waals surface area contributed by atoms with Crippen molar-refractivity contribution in [1.82, 2.24) is 19.6 Å². The van der Waals surface area contributed by atoms with E-state index in [1.54, 1.807) is 0 Å². The molecular formula is C13H20N4O3. The summed E-state index contributed by atoms with van der Waals surface area (Å²) < 4.78 is 7.18. The lowest BCUT2D eigenvalue weighted by Gasteiger charge is -2.31. The quantitative estimate of drug-likeness (QED) is 0.773. The minimum atomic E-state index is -0.0350. The maximum atomic E-state index is 12.2. The van der Waals surface area contributed by atoms with Crippen molar-refractivity contribution < 1.29 is 14.6 Å². The van der Waals surface area contributed by atoms with Crippen LogP contribution in [0.1, 0.15) is 11.4 Å². The van der Waals surface area contributed by atoms with E-state index in [2.05, 4.69) is 10.00 Å². The van der Waals surface area contributed by atoms with Crippen molar-refractivity contribution >= 4 is 5.91 Å². The minimum absolute atomic E-state index is 0.0350. The van der Waals surface area contributed by atoms with Crippen molar-refractivity contribution in [2.45, 2.75) is 19.7 Å². The van der Waals surface area contributed by atoms with E-state index in [0.717, 1.165) is 18.8 Å². The molecule has 0 saturated carbocycles. The number of hydrogen-bond donors (Lipinski definition) is 1. The number of nitrogens with zero attached hydrogens (tertiary/aromatic N) is 4. The molecule has 0 radical (unpaired) electrons. The predicted octanol–water partition coefficient (Wildman–Crippen LogP) is -0.950. The fourth-order valence-electron chi connectivity index (χ4n) is 2.70. The number of aromatic nitrogens is 2. The minimum Gasteiger partial charge on any atom is -0.390 e. The third-order valence-corrected chi connectivity index (χ3v) is 3.81. The Hall–Kier alpha value is -1.44. The van der Waals surface area contributed by atoms with E-state index >= 15 is 0 Å². The lowest BCUT2D eigenvalue weighted by molar-refractivity contribution is -0.136. The number of aliphatic hydroxyl groups excluding tert-OH is 1. The predicted molar refractivity (Wildman–Crippen MR) is 70.8 cm³/mol. The van der Waals surface area contributed by atoms with Gasteiger partial charge in [0.2, 0.25) is 5.91 Å². The van der Waals surface area contributed by atoms with Gasteiger partial charge in [-0.15, -0.1) is 0 Å². The summed E-state index contributed by atoms with van der Waals surface area (Å²) in [6, 6.07) is 1.91. The summed E-state index contributed by atoms with van der Waals surface area (Å²) in [5.41, 5.74) is 1.76. The maximum absolute atomic E-state index is 12.2. The number of amides is 1. The monoisotopic (exact) mass is 280 g/mol. The van der Waals surface area contributed by atoms with Crippen LogP contribution in [-0.4, -0.2) is 70.0 Å². The Morgan fingerprint density at radius 2 is 2.10 bits per heavy atom. The van der Waals surface area contributed by atoms with Crippen molar-refractivity contribution in [3.05, 3.63) is 17.5 Å². The molecule has 1 aromatic heterocycles. The van der Waals surface area contributed by atoms with E-state index in [9.17, 15) is 4.79 Å². The largest absolute Gasteiger partial charge is 0.390 e. The van der Waals surface area contributed by atoms with Crippen LogP contribution in [0, 0.1) is 0 Å². The molecule has 2 aliphatic heterocycles. The summed E-state index contributed by atoms with van der Waals surface area (Å²) in [5.74, 6) is 0.170. The first kappa shape index (κ1) is 13.5. The Morgan fingerprint density at radius 3 is 2.85 bits per heavy atom. The third-order valence-electron chi connectivity index (χ3n) is 3.81. The molecule has 1 N–H and O–H groups in total. The molecule has 3 heterocycles. The second kappa shape index (κ2) is 5.90. The van der Waals surface area contributed by atoms with Gasteiger partial charge in [-0.1, -0.05) is 0 Å². The van der Waals surface area contributed by atoms with Gasteiger partial charge in [-0.3, -0.25) is 14.4 Å². The van der Waals surface area contributed by atoms with Crippen LogP contribution >= 0.6 is 0 Å². The van der Waals surface area contributed by atoms with Gasteiger partial charge in [-0.25, -0.2) is 0 Å². The van der Waals surface area contributed by atoms with Crippen LogP contribution in [-0.2, 0) is 29.2 Å². The van der Waals surface area contributed by atoms with Gasteiger partial charge in [-0.05, 0) is 6.07 Å². The molecule has 7 heteroatoms. The van der Waals surface area contributed by atoms with Crippen LogP contribution in [0.4, 0.5) is 0 Å². The van der Waals surface area contributed by atoms with Crippen molar-refractivity contribution in [3.63, 3.8) is 0 Å². The molecular weight excluding hydrogens is 260 g/mol. The SMILES string of the molecule is O=C(CN1CCn2nc(CO)cc2C1)N1CCOCC1. The second-order valence-electron chi connectivity index (χ2n) is 5.21. The van der Waals surface area contributed by atoms with Crippen molar-refractivity contribution in [3.8, 4) is 0 Å². The molecule has 20 heavy (non-hydrogen) atoms. The van der Waals surface area contributed by atoms with Gasteiger partial charge < -0.3 is 14.7 Å². The first-order valence-corrected chi connectivity index (χ1v) is 7.00. The molecule has 0 spiro atoms. The highest BCUT2D eigenvalue weighted by Crippen LogP contribution is 2.14. The first-order valence-electron chi connectivity index (χ1n) is 7.00. The van der Waals surface area contributed by atoms with Crippen LogP contribution in [0.15, 0.2) is 6.07 Å². The fourth-order valence-corrected chi connectivity index (χ4v) is 2.70. The van der Waals surface area contributed by atoms with E-state index in [1.165, 1.54) is 0 Å². The number of aliphatic hydroxyl groups is 1. The summed E-state index contributed by atoms with van der Waals surface area (Å²) in [4.78, 5) is 16.2. The second-order valence-corrected chi connectivity index (χ2v) is 5.21. The zero-order chi connectivity index (χ0) is 13.9. The molecule has 1 amide bonds. The highest BCUT2D eigenvalue weighted by molar-refractivity contribution is 5.78. The topological polar surface area (TPSA) is 70.8 Å². The molecule has 7 nitrogen and oxygen atoms in total. The highest BCUT2D eigenvalue weighted by Gasteiger charge is 2.23. The first-order chi connectivity index (χ1) is 9.76. The molecule has 0 unspecified atom stereocenters. The normalized spacial score (nSPS) is 19.9. The van der Waals surface area contributed by atoms with Crippen LogP contribution < -0.4 is 0 Å². The van der Waals surface area contributed by atoms with E-state index < -0.39 is 0 Å². The van der Waals surface area contributed by atoms with Gasteiger partial charge in [0.15, 0.2) is 0 Å². The van der Waals surface area contributed by atoms with Crippen molar-refractivity contribution in [2.24, 2.45) is 0 Å². The molecule has 3 rings (SSSR count). The van der Waals surface area contributed by atoms with E-state index in [-0.39, 0.29) is 12.5 Å². The third kappa shape index (κ3) is 2.84. The number of morpholine rings is 1. The van der Waals surface area contributed by atoms with E-state index in [4.69, 9.17) is 9.84 Å². The summed E-state index contributed by atoms with van der Waals surface area (Å²) in [6.07, 6.45) is 0. The van der Waals surface area contributed by atoms with Crippen LogP contribution in [0.25, 0.3) is 0 Å². The Bertz CT molecular complexity index is 482. The molecule has 2 aliphatic rings. The number of carbonyl (C=O) groups excluding carboxylic acids is 1. The Labute approximate surface area is 117 Å². The molecule has 0 bridgehead atoms. The van der Waals surface area contributed by atoms with Crippen LogP contribution in [0.5, 0.6) is 0 Å². The number of ether oxygens (including phenoxy) is 1. The highest BCUT2D eigenvalue weighted by atomic mass is 16.5. The van der Waals surface area contributed by atoms with Gasteiger partial charge in [0.25, 0.3) is 0 Å². The average molecular weight is 280 g/mol. The Balaban J connectivity index is 1.58. The van der Waals surface area contributed by atoms with Crippen LogP contribution in [0.2, 0.25) is 0 Å². The molecule has 110 valence electrons. The summed E-state index contributed by atoms with van der Waals surface area (Å²) in [6.45, 7) is 5.37. The molecule has 0 aliphatic carbocycles. The summed E-state index contributed by atoms with van der Waals surface area (Å²) >= 11 is 0. The lowest BCUT2D eigenvalue weighted by Crippen LogP contribution is -2.47. The van der Waals surface area contributed by atoms with E-state index in [0.29, 0.717) is 45.1 Å². The lowest BCUT2D eigenvalue weighted by atomic mass is 10.2. The van der Waals surface area contributed by atoms with Crippen molar-refractivity contribution in [2.75, 3.05) is 39.4 Å². The fraction of sp³-hybridized carbons (Fsp3) is 0.692. The smallest absolute Gasteiger partial charge is 0.236 e. The standard InChI is InChI=1S/C13H20N4O3/c18-10-11-7-12-8-15(1-2-17(12)14-11)9-13(19)16-3-5-20-6-4-16/h7,18H,1-6,8-10H2. The number of hydrogen-bond acceptors (Lipinski definition) is 5. The average Bonchev–Trinajstić information content (AvgIpc) is 2.90. The Morgan fingerprint density at radius 1 is 1.30 bits per heavy atom. The van der Waals surface area contributed by atoms with Crippen molar-refractivity contribution in [1.29, 1.82) is 0 Å². The molecule has 1 fully saturated rings. The van der Waals surface area contributed by atoms with Gasteiger partial charge in [0.05, 0.1) is 44.3 Å². The zero-order valence-corrected chi connectivity index (χ0v) is 11.5. The number of rotatable bonds is 3. The Kier molecular flexibility index (Phi) is 4.00. The molecule has 0 atom stereocenters. The number of carbonyl (C=O) groups is 1. The maximum Gasteiger partial charge on any atom is 0.236 e. The van der Waals surface area contributed by atoms with Gasteiger partial charge in [0.1, 0.15) is 0 Å². The van der Waals surface area contributed by atoms with Gasteiger partial charge in [0, 0.05) is 26.2 Å². The zero-order valence-electron chi connectivity index (χ0n) is 11.5. The number of fused-ring (bicyclic) bond motifs is 1. The van der Waals surface area contributed by atoms with Gasteiger partial charge in [-0.2, -0.15) is 5.10 Å². The molecule has 1 saturated heterocycles. The molecule has 1 aromatic rings. The molecule has 0 aromatic carbocycles. The van der Waals surface area contributed by atoms with E-state index in [1.807, 2.05) is 15.6 Å².